The van der Waals surface area contributed by atoms with Crippen LogP contribution in [-0.4, -0.2) is 53.3 Å². The van der Waals surface area contributed by atoms with Gasteiger partial charge in [0.05, 0.1) is 28.3 Å². The van der Waals surface area contributed by atoms with Gasteiger partial charge in [0.25, 0.3) is 0 Å². The number of fused-ring (bicyclic) bond motifs is 1. The van der Waals surface area contributed by atoms with Crippen LogP contribution >= 0.6 is 23.2 Å². The second kappa shape index (κ2) is 9.72. The Morgan fingerprint density at radius 2 is 1.74 bits per heavy atom. The number of pyridine rings is 1. The molecule has 1 spiro atoms. The number of ether oxygens (including phenoxy) is 1. The molecule has 0 bridgehead atoms. The lowest BCUT2D eigenvalue weighted by Gasteiger charge is -2.52. The van der Waals surface area contributed by atoms with E-state index in [0.717, 1.165) is 62.5 Å². The van der Waals surface area contributed by atoms with Crippen molar-refractivity contribution in [2.75, 3.05) is 31.1 Å². The standard InChI is InChI=1S/C25H33Cl2N7O/c1-15(22-19(26)11-29-12-20(22)27)35-17-2-3-21-18(8-17)23(33-32-21)16-9-30-24(31-10-16)34-13-25(14-34)4-6-28-7-5-25/h9-12,15,17-18,21,23,28,32-33H,2-8,13-14H2,1H3/t15-,17?,18?,21?,23?/m1/s1. The van der Waals surface area contributed by atoms with Crippen LogP contribution in [0.4, 0.5) is 5.95 Å². The average molecular weight is 518 g/mol. The summed E-state index contributed by atoms with van der Waals surface area (Å²) in [6.07, 6.45) is 12.7. The van der Waals surface area contributed by atoms with Crippen LogP contribution in [0.25, 0.3) is 0 Å². The normalized spacial score (nSPS) is 30.7. The zero-order valence-corrected chi connectivity index (χ0v) is 21.5. The van der Waals surface area contributed by atoms with Crippen molar-refractivity contribution in [1.82, 2.24) is 31.1 Å². The van der Waals surface area contributed by atoms with Crippen molar-refractivity contribution in [3.05, 3.63) is 46.0 Å². The smallest absolute Gasteiger partial charge is 0.225 e. The van der Waals surface area contributed by atoms with Crippen molar-refractivity contribution in [2.45, 2.75) is 63.3 Å². The van der Waals surface area contributed by atoms with Crippen LogP contribution in [0.3, 0.4) is 0 Å². The third-order valence-corrected chi connectivity index (χ3v) is 9.02. The molecule has 5 atom stereocenters. The Morgan fingerprint density at radius 3 is 2.46 bits per heavy atom. The van der Waals surface area contributed by atoms with Gasteiger partial charge < -0.3 is 15.0 Å². The molecule has 8 nitrogen and oxygen atoms in total. The molecule has 1 saturated carbocycles. The molecule has 3 saturated heterocycles. The van der Waals surface area contributed by atoms with Gasteiger partial charge in [-0.2, -0.15) is 0 Å². The number of nitrogens with one attached hydrogen (secondary N) is 3. The van der Waals surface area contributed by atoms with Crippen molar-refractivity contribution < 1.29 is 4.74 Å². The molecular weight excluding hydrogens is 485 g/mol. The summed E-state index contributed by atoms with van der Waals surface area (Å²) in [6.45, 7) is 6.42. The molecule has 6 rings (SSSR count). The summed E-state index contributed by atoms with van der Waals surface area (Å²) in [5.74, 6) is 1.26. The largest absolute Gasteiger partial charge is 0.370 e. The molecule has 35 heavy (non-hydrogen) atoms. The monoisotopic (exact) mass is 517 g/mol. The molecule has 0 amide bonds. The van der Waals surface area contributed by atoms with Crippen molar-refractivity contribution in [2.24, 2.45) is 11.3 Å². The summed E-state index contributed by atoms with van der Waals surface area (Å²) < 4.78 is 6.46. The predicted molar refractivity (Wildman–Crippen MR) is 136 cm³/mol. The van der Waals surface area contributed by atoms with Crippen LogP contribution in [0.2, 0.25) is 10.0 Å². The molecule has 2 aromatic heterocycles. The van der Waals surface area contributed by atoms with Crippen LogP contribution in [0, 0.1) is 11.3 Å². The molecule has 2 aromatic rings. The SMILES string of the molecule is C[C@@H](OC1CCC2NNC(c3cnc(N4CC5(CCNCC5)C4)nc3)C2C1)c1c(Cl)cncc1Cl. The van der Waals surface area contributed by atoms with Crippen LogP contribution in [0.5, 0.6) is 0 Å². The number of nitrogens with zero attached hydrogens (tertiary/aromatic N) is 4. The number of anilines is 1. The molecule has 3 N–H and O–H groups in total. The van der Waals surface area contributed by atoms with Gasteiger partial charge in [0.2, 0.25) is 5.95 Å². The zero-order chi connectivity index (χ0) is 24.0. The minimum atomic E-state index is -0.192. The first-order valence-corrected chi connectivity index (χ1v) is 13.5. The fourth-order valence-electron chi connectivity index (χ4n) is 6.47. The van der Waals surface area contributed by atoms with Gasteiger partial charge in [-0.05, 0) is 58.0 Å². The lowest BCUT2D eigenvalue weighted by molar-refractivity contribution is -0.0370. The molecule has 0 aromatic carbocycles. The first kappa shape index (κ1) is 23.8. The van der Waals surface area contributed by atoms with Gasteiger partial charge in [0.15, 0.2) is 0 Å². The number of rotatable bonds is 5. The summed E-state index contributed by atoms with van der Waals surface area (Å²) in [5.41, 5.74) is 9.41. The van der Waals surface area contributed by atoms with E-state index in [0.29, 0.717) is 27.4 Å². The Kier molecular flexibility index (Phi) is 6.62. The maximum absolute atomic E-state index is 6.46. The molecule has 188 valence electrons. The second-order valence-corrected chi connectivity index (χ2v) is 11.5. The lowest BCUT2D eigenvalue weighted by Crippen LogP contribution is -2.60. The molecule has 4 aliphatic rings. The average Bonchev–Trinajstić information content (AvgIpc) is 3.26. The van der Waals surface area contributed by atoms with Gasteiger partial charge in [-0.1, -0.05) is 23.2 Å². The molecule has 1 aliphatic carbocycles. The van der Waals surface area contributed by atoms with E-state index >= 15 is 0 Å². The molecule has 5 heterocycles. The highest BCUT2D eigenvalue weighted by atomic mass is 35.5. The van der Waals surface area contributed by atoms with E-state index in [9.17, 15) is 0 Å². The Hall–Kier alpha value is -1.55. The summed E-state index contributed by atoms with van der Waals surface area (Å²) in [7, 11) is 0. The molecule has 10 heteroatoms. The zero-order valence-electron chi connectivity index (χ0n) is 20.0. The maximum atomic E-state index is 6.46. The van der Waals surface area contributed by atoms with Gasteiger partial charge in [0.1, 0.15) is 0 Å². The topological polar surface area (TPSA) is 87.2 Å². The number of hydrogen-bond acceptors (Lipinski definition) is 8. The van der Waals surface area contributed by atoms with E-state index in [1.165, 1.54) is 12.8 Å². The van der Waals surface area contributed by atoms with Gasteiger partial charge in [0, 0.05) is 60.5 Å². The van der Waals surface area contributed by atoms with Gasteiger partial charge in [-0.15, -0.1) is 0 Å². The Balaban J connectivity index is 1.09. The van der Waals surface area contributed by atoms with Crippen LogP contribution in [0.1, 0.15) is 62.3 Å². The van der Waals surface area contributed by atoms with Crippen LogP contribution in [0.15, 0.2) is 24.8 Å². The fourth-order valence-corrected chi connectivity index (χ4v) is 7.14. The third kappa shape index (κ3) is 4.65. The van der Waals surface area contributed by atoms with E-state index in [4.69, 9.17) is 37.9 Å². The molecule has 4 fully saturated rings. The Bertz CT molecular complexity index is 1020. The van der Waals surface area contributed by atoms with E-state index in [2.05, 4.69) is 26.1 Å². The highest BCUT2D eigenvalue weighted by Crippen LogP contribution is 2.42. The van der Waals surface area contributed by atoms with Gasteiger partial charge in [-0.3, -0.25) is 10.4 Å². The summed E-state index contributed by atoms with van der Waals surface area (Å²) in [5, 5.41) is 4.56. The molecule has 4 unspecified atom stereocenters. The fraction of sp³-hybridized carbons (Fsp3) is 0.640. The van der Waals surface area contributed by atoms with Crippen molar-refractivity contribution in [3.63, 3.8) is 0 Å². The lowest BCUT2D eigenvalue weighted by atomic mass is 9.72. The highest BCUT2D eigenvalue weighted by Gasteiger charge is 2.45. The molecular formula is C25H33Cl2N7O. The summed E-state index contributed by atoms with van der Waals surface area (Å²) >= 11 is 12.7. The summed E-state index contributed by atoms with van der Waals surface area (Å²) in [6, 6.07) is 0.578. The first-order valence-electron chi connectivity index (χ1n) is 12.7. The first-order chi connectivity index (χ1) is 17.0. The van der Waals surface area contributed by atoms with E-state index in [-0.39, 0.29) is 18.2 Å². The van der Waals surface area contributed by atoms with E-state index in [1.807, 2.05) is 19.3 Å². The molecule has 0 radical (unpaired) electrons. The minimum Gasteiger partial charge on any atom is -0.370 e. The number of hydrogen-bond donors (Lipinski definition) is 3. The third-order valence-electron chi connectivity index (χ3n) is 8.41. The van der Waals surface area contributed by atoms with Crippen molar-refractivity contribution in [3.8, 4) is 0 Å². The minimum absolute atomic E-state index is 0.137. The van der Waals surface area contributed by atoms with E-state index in [1.54, 1.807) is 12.4 Å². The number of halogens is 2. The Labute approximate surface area is 216 Å². The molecule has 3 aliphatic heterocycles. The van der Waals surface area contributed by atoms with Gasteiger partial charge in [-0.25, -0.2) is 15.4 Å². The second-order valence-electron chi connectivity index (χ2n) is 10.7. The quantitative estimate of drug-likeness (QED) is 0.551. The number of hydrazine groups is 1. The highest BCUT2D eigenvalue weighted by molar-refractivity contribution is 6.35. The number of aromatic nitrogens is 3. The van der Waals surface area contributed by atoms with Crippen LogP contribution < -0.4 is 21.1 Å². The summed E-state index contributed by atoms with van der Waals surface area (Å²) in [4.78, 5) is 15.9. The van der Waals surface area contributed by atoms with Crippen molar-refractivity contribution >= 4 is 29.2 Å². The maximum Gasteiger partial charge on any atom is 0.225 e. The Morgan fingerprint density at radius 1 is 1.03 bits per heavy atom. The van der Waals surface area contributed by atoms with E-state index < -0.39 is 0 Å². The number of piperidine rings is 1. The predicted octanol–water partition coefficient (Wildman–Crippen LogP) is 3.83. The van der Waals surface area contributed by atoms with Crippen LogP contribution in [-0.2, 0) is 4.74 Å². The van der Waals surface area contributed by atoms with Gasteiger partial charge >= 0.3 is 0 Å². The van der Waals surface area contributed by atoms with Crippen molar-refractivity contribution in [1.29, 1.82) is 0 Å².